The summed E-state index contributed by atoms with van der Waals surface area (Å²) >= 11 is 5.74. The predicted molar refractivity (Wildman–Crippen MR) is 57.7 cm³/mol. The van der Waals surface area contributed by atoms with Crippen molar-refractivity contribution in [2.45, 2.75) is 0 Å². The van der Waals surface area contributed by atoms with E-state index >= 15 is 0 Å². The molecule has 2 aromatic rings. The van der Waals surface area contributed by atoms with E-state index in [0.717, 1.165) is 0 Å². The van der Waals surface area contributed by atoms with Crippen molar-refractivity contribution < 1.29 is 4.39 Å². The molecule has 4 N–H and O–H groups in total. The van der Waals surface area contributed by atoms with Gasteiger partial charge in [0.1, 0.15) is 17.3 Å². The standard InChI is InChI=1S/C9H8ClFN4/c10-5-1-2-6(11)7(3-5)14-8-4-13-15-9(8)12/h1-4,14H,(H3,12,13,15). The molecule has 1 aromatic carbocycles. The van der Waals surface area contributed by atoms with Crippen LogP contribution < -0.4 is 11.1 Å². The van der Waals surface area contributed by atoms with Crippen molar-refractivity contribution in [2.24, 2.45) is 0 Å². The maximum atomic E-state index is 13.3. The second-order valence-corrected chi connectivity index (χ2v) is 3.38. The van der Waals surface area contributed by atoms with Gasteiger partial charge in [0.15, 0.2) is 0 Å². The zero-order valence-electron chi connectivity index (χ0n) is 7.59. The van der Waals surface area contributed by atoms with Gasteiger partial charge in [0.05, 0.1) is 11.9 Å². The molecule has 15 heavy (non-hydrogen) atoms. The fourth-order valence-corrected chi connectivity index (χ4v) is 1.31. The average Bonchev–Trinajstić information content (AvgIpc) is 2.58. The number of H-pyrrole nitrogens is 1. The number of nitrogens with zero attached hydrogens (tertiary/aromatic N) is 1. The lowest BCUT2D eigenvalue weighted by Gasteiger charge is -2.06. The van der Waals surface area contributed by atoms with Gasteiger partial charge in [-0.3, -0.25) is 5.10 Å². The minimum atomic E-state index is -0.403. The molecule has 1 heterocycles. The molecule has 78 valence electrons. The number of aromatic amines is 1. The van der Waals surface area contributed by atoms with Gasteiger partial charge in [0, 0.05) is 5.02 Å². The molecular formula is C9H8ClFN4. The summed E-state index contributed by atoms with van der Waals surface area (Å²) in [6.45, 7) is 0. The molecule has 0 radical (unpaired) electrons. The summed E-state index contributed by atoms with van der Waals surface area (Å²) in [6, 6.07) is 4.23. The topological polar surface area (TPSA) is 66.7 Å². The van der Waals surface area contributed by atoms with E-state index in [2.05, 4.69) is 15.5 Å². The van der Waals surface area contributed by atoms with E-state index in [-0.39, 0.29) is 5.69 Å². The molecule has 1 aromatic heterocycles. The van der Waals surface area contributed by atoms with Crippen LogP contribution >= 0.6 is 11.6 Å². The Bertz CT molecular complexity index is 483. The number of rotatable bonds is 2. The van der Waals surface area contributed by atoms with Crippen molar-refractivity contribution in [3.05, 3.63) is 35.2 Å². The third-order valence-electron chi connectivity index (χ3n) is 1.87. The van der Waals surface area contributed by atoms with Crippen LogP contribution in [0.25, 0.3) is 0 Å². The molecule has 0 aliphatic heterocycles. The van der Waals surface area contributed by atoms with Crippen molar-refractivity contribution in [3.8, 4) is 0 Å². The third-order valence-corrected chi connectivity index (χ3v) is 2.10. The molecule has 0 bridgehead atoms. The summed E-state index contributed by atoms with van der Waals surface area (Å²) in [5.74, 6) is -0.0608. The fourth-order valence-electron chi connectivity index (χ4n) is 1.13. The van der Waals surface area contributed by atoms with Crippen LogP contribution in [-0.4, -0.2) is 10.2 Å². The Morgan fingerprint density at radius 1 is 1.40 bits per heavy atom. The van der Waals surface area contributed by atoms with Crippen LogP contribution in [0.4, 0.5) is 21.6 Å². The number of hydrogen-bond acceptors (Lipinski definition) is 3. The highest BCUT2D eigenvalue weighted by molar-refractivity contribution is 6.30. The zero-order chi connectivity index (χ0) is 10.8. The first kappa shape index (κ1) is 9.79. The van der Waals surface area contributed by atoms with Crippen LogP contribution in [0.5, 0.6) is 0 Å². The largest absolute Gasteiger partial charge is 0.382 e. The van der Waals surface area contributed by atoms with E-state index in [1.807, 2.05) is 0 Å². The monoisotopic (exact) mass is 226 g/mol. The normalized spacial score (nSPS) is 10.3. The third kappa shape index (κ3) is 2.02. The summed E-state index contributed by atoms with van der Waals surface area (Å²) in [5, 5.41) is 9.46. The molecule has 4 nitrogen and oxygen atoms in total. The molecule has 0 aliphatic carbocycles. The predicted octanol–water partition coefficient (Wildman–Crippen LogP) is 2.53. The summed E-state index contributed by atoms with van der Waals surface area (Å²) in [4.78, 5) is 0. The van der Waals surface area contributed by atoms with Gasteiger partial charge >= 0.3 is 0 Å². The van der Waals surface area contributed by atoms with Crippen LogP contribution in [0.3, 0.4) is 0 Å². The fraction of sp³-hybridized carbons (Fsp3) is 0. The SMILES string of the molecule is Nc1[nH]ncc1Nc1cc(Cl)ccc1F. The van der Waals surface area contributed by atoms with E-state index in [9.17, 15) is 4.39 Å². The number of nitrogens with one attached hydrogen (secondary N) is 2. The molecule has 0 saturated carbocycles. The van der Waals surface area contributed by atoms with Gasteiger partial charge in [0.2, 0.25) is 0 Å². The van der Waals surface area contributed by atoms with Crippen LogP contribution in [0.1, 0.15) is 0 Å². The Morgan fingerprint density at radius 3 is 2.87 bits per heavy atom. The minimum absolute atomic E-state index is 0.260. The zero-order valence-corrected chi connectivity index (χ0v) is 8.35. The summed E-state index contributed by atoms with van der Waals surface area (Å²) in [6.07, 6.45) is 1.47. The Kier molecular flexibility index (Phi) is 2.47. The molecule has 0 atom stereocenters. The molecule has 0 unspecified atom stereocenters. The molecular weight excluding hydrogens is 219 g/mol. The summed E-state index contributed by atoms with van der Waals surface area (Å²) in [7, 11) is 0. The maximum Gasteiger partial charge on any atom is 0.146 e. The van der Waals surface area contributed by atoms with Crippen molar-refractivity contribution in [1.29, 1.82) is 0 Å². The first-order chi connectivity index (χ1) is 7.16. The number of nitrogen functional groups attached to an aromatic ring is 1. The smallest absolute Gasteiger partial charge is 0.146 e. The maximum absolute atomic E-state index is 13.3. The van der Waals surface area contributed by atoms with E-state index in [4.69, 9.17) is 17.3 Å². The molecule has 6 heteroatoms. The van der Waals surface area contributed by atoms with Crippen LogP contribution in [0.15, 0.2) is 24.4 Å². The van der Waals surface area contributed by atoms with Crippen molar-refractivity contribution in [1.82, 2.24) is 10.2 Å². The molecule has 0 aliphatic rings. The van der Waals surface area contributed by atoms with Gasteiger partial charge in [-0.15, -0.1) is 0 Å². The van der Waals surface area contributed by atoms with Gasteiger partial charge < -0.3 is 11.1 Å². The molecule has 0 amide bonds. The Hall–Kier alpha value is -1.75. The first-order valence-electron chi connectivity index (χ1n) is 4.18. The lowest BCUT2D eigenvalue weighted by molar-refractivity contribution is 0.632. The van der Waals surface area contributed by atoms with E-state index in [1.54, 1.807) is 0 Å². The highest BCUT2D eigenvalue weighted by atomic mass is 35.5. The quantitative estimate of drug-likeness (QED) is 0.737. The Morgan fingerprint density at radius 2 is 2.20 bits per heavy atom. The van der Waals surface area contributed by atoms with Gasteiger partial charge in [-0.25, -0.2) is 4.39 Å². The van der Waals surface area contributed by atoms with Crippen LogP contribution in [0.2, 0.25) is 5.02 Å². The van der Waals surface area contributed by atoms with Gasteiger partial charge in [-0.1, -0.05) is 11.6 Å². The lowest BCUT2D eigenvalue weighted by Crippen LogP contribution is -1.96. The number of hydrogen-bond donors (Lipinski definition) is 3. The van der Waals surface area contributed by atoms with Gasteiger partial charge in [-0.2, -0.15) is 5.10 Å². The van der Waals surface area contributed by atoms with Crippen molar-refractivity contribution in [2.75, 3.05) is 11.1 Å². The second-order valence-electron chi connectivity index (χ2n) is 2.95. The molecule has 0 spiro atoms. The van der Waals surface area contributed by atoms with Crippen molar-refractivity contribution >= 4 is 28.8 Å². The second kappa shape index (κ2) is 3.78. The van der Waals surface area contributed by atoms with Crippen molar-refractivity contribution in [3.63, 3.8) is 0 Å². The van der Waals surface area contributed by atoms with E-state index in [1.165, 1.54) is 24.4 Å². The van der Waals surface area contributed by atoms with Crippen LogP contribution in [-0.2, 0) is 0 Å². The molecule has 0 fully saturated rings. The van der Waals surface area contributed by atoms with E-state index < -0.39 is 5.82 Å². The number of aromatic nitrogens is 2. The van der Waals surface area contributed by atoms with Gasteiger partial charge in [-0.05, 0) is 18.2 Å². The van der Waals surface area contributed by atoms with E-state index in [0.29, 0.717) is 16.5 Å². The minimum Gasteiger partial charge on any atom is -0.382 e. The number of benzene rings is 1. The Labute approximate surface area is 90.2 Å². The number of halogens is 2. The summed E-state index contributed by atoms with van der Waals surface area (Å²) in [5.41, 5.74) is 6.31. The molecule has 2 rings (SSSR count). The molecule has 0 saturated heterocycles. The van der Waals surface area contributed by atoms with Crippen LogP contribution in [0, 0.1) is 5.82 Å². The highest BCUT2D eigenvalue weighted by Gasteiger charge is 2.06. The summed E-state index contributed by atoms with van der Waals surface area (Å²) < 4.78 is 13.3. The Balaban J connectivity index is 2.32. The highest BCUT2D eigenvalue weighted by Crippen LogP contribution is 2.25. The van der Waals surface area contributed by atoms with Gasteiger partial charge in [0.25, 0.3) is 0 Å². The number of anilines is 3. The number of nitrogens with two attached hydrogens (primary N) is 1. The average molecular weight is 227 g/mol. The first-order valence-corrected chi connectivity index (χ1v) is 4.55. The lowest BCUT2D eigenvalue weighted by atomic mass is 10.3.